The fraction of sp³-hybridized carbons (Fsp3) is 0.852. The van der Waals surface area contributed by atoms with Crippen LogP contribution in [0.3, 0.4) is 0 Å². The second-order valence-corrected chi connectivity index (χ2v) is 23.2. The maximum Gasteiger partial charge on any atom is 0.472 e. The molecular weight excluding hydrogens is 888 g/mol. The van der Waals surface area contributed by atoms with Crippen molar-refractivity contribution in [3.05, 3.63) is 48.6 Å². The van der Waals surface area contributed by atoms with E-state index in [1.807, 2.05) is 21.1 Å². The van der Waals surface area contributed by atoms with Gasteiger partial charge >= 0.3 is 7.82 Å². The number of rotatable bonds is 55. The van der Waals surface area contributed by atoms with Crippen molar-refractivity contribution in [2.24, 2.45) is 0 Å². The maximum atomic E-state index is 13.0. The van der Waals surface area contributed by atoms with E-state index in [0.29, 0.717) is 23.9 Å². The van der Waals surface area contributed by atoms with E-state index in [1.165, 1.54) is 193 Å². The fourth-order valence-corrected chi connectivity index (χ4v) is 9.66. The van der Waals surface area contributed by atoms with E-state index in [0.717, 1.165) is 64.2 Å². The SMILES string of the molecule is CC/C=C\C/C=C\C/C=C\C/C=C\CCCCCCCCCCCCCCCCC(=O)NC(COP(=O)(O)OCC[N+](C)(C)C)C(O)CCCCCCCCCCCCCCCCCCCCCCC. The summed E-state index contributed by atoms with van der Waals surface area (Å²) in [5, 5.41) is 14.1. The Balaban J connectivity index is 4.12. The first kappa shape index (κ1) is 68.5. The van der Waals surface area contributed by atoms with Gasteiger partial charge in [-0.25, -0.2) is 4.57 Å². The van der Waals surface area contributed by atoms with E-state index < -0.39 is 20.0 Å². The van der Waals surface area contributed by atoms with E-state index in [9.17, 15) is 19.4 Å². The van der Waals surface area contributed by atoms with Crippen LogP contribution < -0.4 is 5.32 Å². The number of carbonyl (C=O) groups excluding carboxylic acids is 1. The van der Waals surface area contributed by atoms with Crippen molar-refractivity contribution < 1.29 is 32.9 Å². The number of unbranched alkanes of at least 4 members (excludes halogenated alkanes) is 34. The molecule has 412 valence electrons. The van der Waals surface area contributed by atoms with Gasteiger partial charge in [-0.05, 0) is 51.4 Å². The first-order valence-corrected chi connectivity index (χ1v) is 31.5. The highest BCUT2D eigenvalue weighted by Crippen LogP contribution is 2.43. The van der Waals surface area contributed by atoms with Crippen LogP contribution in [0, 0.1) is 0 Å². The summed E-state index contributed by atoms with van der Waals surface area (Å²) >= 11 is 0. The molecule has 0 radical (unpaired) electrons. The Morgan fingerprint density at radius 3 is 1.26 bits per heavy atom. The second-order valence-electron chi connectivity index (χ2n) is 21.7. The molecule has 3 atom stereocenters. The third-order valence-electron chi connectivity index (χ3n) is 13.6. The molecule has 0 bridgehead atoms. The molecule has 0 saturated carbocycles. The number of phosphoric acid groups is 1. The minimum atomic E-state index is -4.33. The van der Waals surface area contributed by atoms with Gasteiger partial charge in [-0.3, -0.25) is 13.8 Å². The van der Waals surface area contributed by atoms with Crippen LogP contribution in [-0.4, -0.2) is 73.4 Å². The van der Waals surface area contributed by atoms with E-state index in [1.54, 1.807) is 0 Å². The average Bonchev–Trinajstić information content (AvgIpc) is 3.32. The van der Waals surface area contributed by atoms with Crippen molar-refractivity contribution in [1.29, 1.82) is 0 Å². The molecule has 1 amide bonds. The van der Waals surface area contributed by atoms with E-state index >= 15 is 0 Å². The summed E-state index contributed by atoms with van der Waals surface area (Å²) < 4.78 is 23.8. The van der Waals surface area contributed by atoms with Crippen molar-refractivity contribution in [3.63, 3.8) is 0 Å². The largest absolute Gasteiger partial charge is 0.472 e. The van der Waals surface area contributed by atoms with Crippen molar-refractivity contribution in [2.75, 3.05) is 40.9 Å². The molecule has 9 heteroatoms. The van der Waals surface area contributed by atoms with Crippen LogP contribution in [-0.2, 0) is 18.4 Å². The Labute approximate surface area is 435 Å². The zero-order chi connectivity index (χ0) is 51.3. The lowest BCUT2D eigenvalue weighted by Gasteiger charge is -2.26. The third kappa shape index (κ3) is 54.2. The number of hydrogen-bond donors (Lipinski definition) is 3. The van der Waals surface area contributed by atoms with Crippen LogP contribution >= 0.6 is 7.82 Å². The van der Waals surface area contributed by atoms with Crippen LogP contribution in [0.4, 0.5) is 0 Å². The molecule has 0 aliphatic carbocycles. The lowest BCUT2D eigenvalue weighted by atomic mass is 10.0. The minimum absolute atomic E-state index is 0.0747. The predicted octanol–water partition coefficient (Wildman–Crippen LogP) is 18.3. The summed E-state index contributed by atoms with van der Waals surface area (Å²) in [4.78, 5) is 23.4. The summed E-state index contributed by atoms with van der Waals surface area (Å²) in [6.45, 7) is 4.81. The lowest BCUT2D eigenvalue weighted by Crippen LogP contribution is -2.46. The van der Waals surface area contributed by atoms with Crippen molar-refractivity contribution in [3.8, 4) is 0 Å². The lowest BCUT2D eigenvalue weighted by molar-refractivity contribution is -0.870. The number of aliphatic hydroxyl groups excluding tert-OH is 1. The molecular formula is C61H118N2O6P+. The first-order chi connectivity index (χ1) is 34.0. The molecule has 0 fully saturated rings. The van der Waals surface area contributed by atoms with Gasteiger partial charge in [-0.1, -0.05) is 274 Å². The highest BCUT2D eigenvalue weighted by Gasteiger charge is 2.28. The summed E-state index contributed by atoms with van der Waals surface area (Å²) in [6.07, 6.45) is 68.8. The third-order valence-corrected chi connectivity index (χ3v) is 14.6. The van der Waals surface area contributed by atoms with Gasteiger partial charge in [0.25, 0.3) is 0 Å². The number of nitrogens with zero attached hydrogens (tertiary/aromatic N) is 1. The molecule has 0 saturated heterocycles. The molecule has 0 aromatic carbocycles. The Kier molecular flexibility index (Phi) is 51.2. The van der Waals surface area contributed by atoms with Gasteiger partial charge in [0, 0.05) is 6.42 Å². The summed E-state index contributed by atoms with van der Waals surface area (Å²) in [6, 6.07) is -0.762. The summed E-state index contributed by atoms with van der Waals surface area (Å²) in [7, 11) is 1.62. The molecule has 8 nitrogen and oxygen atoms in total. The number of hydrogen-bond acceptors (Lipinski definition) is 5. The zero-order valence-corrected chi connectivity index (χ0v) is 47.9. The first-order valence-electron chi connectivity index (χ1n) is 30.0. The molecule has 0 aromatic rings. The van der Waals surface area contributed by atoms with Crippen LogP contribution in [0.2, 0.25) is 0 Å². The van der Waals surface area contributed by atoms with Crippen LogP contribution in [0.1, 0.15) is 284 Å². The molecule has 70 heavy (non-hydrogen) atoms. The predicted molar refractivity (Wildman–Crippen MR) is 304 cm³/mol. The Hall–Kier alpha value is -1.54. The molecule has 0 aliphatic rings. The van der Waals surface area contributed by atoms with Gasteiger partial charge < -0.3 is 19.8 Å². The maximum absolute atomic E-state index is 13.0. The second kappa shape index (κ2) is 52.3. The Bertz CT molecular complexity index is 1280. The summed E-state index contributed by atoms with van der Waals surface area (Å²) in [5.41, 5.74) is 0. The molecule has 3 N–H and O–H groups in total. The van der Waals surface area contributed by atoms with Crippen molar-refractivity contribution in [2.45, 2.75) is 296 Å². The highest BCUT2D eigenvalue weighted by atomic mass is 31.2. The van der Waals surface area contributed by atoms with Crippen LogP contribution in [0.15, 0.2) is 48.6 Å². The Morgan fingerprint density at radius 1 is 0.500 bits per heavy atom. The number of amides is 1. The molecule has 0 aliphatic heterocycles. The van der Waals surface area contributed by atoms with E-state index in [-0.39, 0.29) is 19.1 Å². The van der Waals surface area contributed by atoms with Gasteiger partial charge in [0.05, 0.1) is 39.9 Å². The van der Waals surface area contributed by atoms with Gasteiger partial charge in [0.2, 0.25) is 5.91 Å². The molecule has 0 rings (SSSR count). The molecule has 0 spiro atoms. The average molecular weight is 1010 g/mol. The van der Waals surface area contributed by atoms with Gasteiger partial charge in [-0.15, -0.1) is 0 Å². The summed E-state index contributed by atoms with van der Waals surface area (Å²) in [5.74, 6) is -0.143. The van der Waals surface area contributed by atoms with Crippen molar-refractivity contribution >= 4 is 13.7 Å². The quantitative estimate of drug-likeness (QED) is 0.0243. The normalized spacial score (nSPS) is 14.2. The number of nitrogens with one attached hydrogen (secondary N) is 1. The zero-order valence-electron chi connectivity index (χ0n) is 47.0. The molecule has 0 heterocycles. The standard InChI is InChI=1S/C61H117N2O6P/c1-6-8-10-12-14-16-18-20-22-24-26-28-29-30-31-32-33-35-37-39-41-43-45-47-49-51-53-55-61(65)62-59(58-69-70(66,67)68-57-56-63(3,4)5)60(64)54-52-50-48-46-44-42-40-38-36-34-27-25-23-21-19-17-15-13-11-9-7-2/h8,10,14,16,20,22,26,28,59-60,64H,6-7,9,11-13,15,17-19,21,23-25,27,29-58H2,1-5H3,(H-,62,65,66,67)/p+1/b10-8-,16-14-,22-20-,28-26-. The molecule has 3 unspecified atom stereocenters. The van der Waals surface area contributed by atoms with Crippen molar-refractivity contribution in [1.82, 2.24) is 5.32 Å². The number of likely N-dealkylation sites (N-methyl/N-ethyl adjacent to an activating group) is 1. The van der Waals surface area contributed by atoms with Crippen LogP contribution in [0.5, 0.6) is 0 Å². The molecule has 0 aromatic heterocycles. The smallest absolute Gasteiger partial charge is 0.391 e. The highest BCUT2D eigenvalue weighted by molar-refractivity contribution is 7.47. The van der Waals surface area contributed by atoms with E-state index in [2.05, 4.69) is 67.8 Å². The van der Waals surface area contributed by atoms with E-state index in [4.69, 9.17) is 9.05 Å². The minimum Gasteiger partial charge on any atom is -0.391 e. The number of quaternary nitrogens is 1. The fourth-order valence-electron chi connectivity index (χ4n) is 8.92. The monoisotopic (exact) mass is 1010 g/mol. The number of allylic oxidation sites excluding steroid dienone is 8. The van der Waals surface area contributed by atoms with Gasteiger partial charge in [0.1, 0.15) is 13.2 Å². The van der Waals surface area contributed by atoms with Gasteiger partial charge in [-0.2, -0.15) is 0 Å². The Morgan fingerprint density at radius 2 is 0.857 bits per heavy atom. The van der Waals surface area contributed by atoms with Crippen LogP contribution in [0.25, 0.3) is 0 Å². The topological polar surface area (TPSA) is 105 Å². The van der Waals surface area contributed by atoms with Gasteiger partial charge in [0.15, 0.2) is 0 Å². The number of aliphatic hydroxyl groups is 1. The number of phosphoric ester groups is 1. The number of carbonyl (C=O) groups is 1.